The monoisotopic (exact) mass is 288 g/mol. The molecule has 0 aromatic heterocycles. The van der Waals surface area contributed by atoms with E-state index in [-0.39, 0.29) is 12.4 Å². The molecule has 0 radical (unpaired) electrons. The molecule has 1 atom stereocenters. The van der Waals surface area contributed by atoms with E-state index in [1.165, 1.54) is 18.2 Å². The van der Waals surface area contributed by atoms with Crippen LogP contribution in [-0.4, -0.2) is 25.0 Å². The molecule has 0 saturated heterocycles. The van der Waals surface area contributed by atoms with Gasteiger partial charge in [-0.15, -0.1) is 0 Å². The molecule has 1 aromatic rings. The van der Waals surface area contributed by atoms with Crippen LogP contribution in [-0.2, 0) is 4.74 Å². The van der Waals surface area contributed by atoms with E-state index in [0.29, 0.717) is 24.3 Å². The lowest BCUT2D eigenvalue weighted by Crippen LogP contribution is -2.35. The molecule has 1 unspecified atom stereocenters. The maximum Gasteiger partial charge on any atom is 0.425 e. The number of benzene rings is 1. The van der Waals surface area contributed by atoms with E-state index in [0.717, 1.165) is 0 Å². The van der Waals surface area contributed by atoms with Crippen LogP contribution in [0.25, 0.3) is 0 Å². The molecule has 4 nitrogen and oxygen atoms in total. The number of esters is 1. The Labute approximate surface area is 112 Å². The third-order valence-electron chi connectivity index (χ3n) is 3.22. The fourth-order valence-corrected chi connectivity index (χ4v) is 2.04. The summed E-state index contributed by atoms with van der Waals surface area (Å²) in [4.78, 5) is 11.8. The maximum atomic E-state index is 12.8. The predicted molar refractivity (Wildman–Crippen MR) is 60.5 cm³/mol. The van der Waals surface area contributed by atoms with E-state index in [9.17, 15) is 18.0 Å². The minimum Gasteiger partial charge on any atom is -0.454 e. The minimum atomic E-state index is -4.53. The van der Waals surface area contributed by atoms with Gasteiger partial charge in [-0.25, -0.2) is 4.79 Å². The van der Waals surface area contributed by atoms with Crippen molar-refractivity contribution in [3.05, 3.63) is 23.8 Å². The minimum absolute atomic E-state index is 0.0177. The van der Waals surface area contributed by atoms with Crippen molar-refractivity contribution in [3.8, 4) is 11.5 Å². The second-order valence-electron chi connectivity index (χ2n) is 4.77. The van der Waals surface area contributed by atoms with E-state index < -0.39 is 24.2 Å². The average molecular weight is 288 g/mol. The maximum absolute atomic E-state index is 12.8. The molecule has 2 aliphatic rings. The molecule has 1 aliphatic carbocycles. The molecule has 0 amide bonds. The second-order valence-corrected chi connectivity index (χ2v) is 4.77. The van der Waals surface area contributed by atoms with Crippen LogP contribution in [0.15, 0.2) is 18.2 Å². The second kappa shape index (κ2) is 4.57. The fraction of sp³-hybridized carbons (Fsp3) is 0.462. The summed E-state index contributed by atoms with van der Waals surface area (Å²) in [6, 6.07) is 4.15. The molecule has 1 heterocycles. The quantitative estimate of drug-likeness (QED) is 0.802. The van der Waals surface area contributed by atoms with Crippen molar-refractivity contribution in [2.75, 3.05) is 6.79 Å². The molecule has 7 heteroatoms. The summed E-state index contributed by atoms with van der Waals surface area (Å²) in [5.74, 6) is -0.837. The lowest BCUT2D eigenvalue weighted by atomic mass is 10.2. The van der Waals surface area contributed by atoms with Crippen molar-refractivity contribution >= 4 is 5.97 Å². The number of hydrogen-bond acceptors (Lipinski definition) is 4. The van der Waals surface area contributed by atoms with Gasteiger partial charge in [-0.3, -0.25) is 0 Å². The summed E-state index contributed by atoms with van der Waals surface area (Å²) < 4.78 is 53.1. The smallest absolute Gasteiger partial charge is 0.425 e. The molecule has 0 spiro atoms. The highest BCUT2D eigenvalue weighted by molar-refractivity contribution is 5.90. The van der Waals surface area contributed by atoms with Crippen molar-refractivity contribution in [1.82, 2.24) is 0 Å². The number of hydrogen-bond donors (Lipinski definition) is 0. The Morgan fingerprint density at radius 1 is 1.25 bits per heavy atom. The largest absolute Gasteiger partial charge is 0.454 e. The highest BCUT2D eigenvalue weighted by atomic mass is 19.4. The molecule has 0 bridgehead atoms. The lowest BCUT2D eigenvalue weighted by Gasteiger charge is -2.20. The van der Waals surface area contributed by atoms with E-state index >= 15 is 0 Å². The third kappa shape index (κ3) is 2.52. The van der Waals surface area contributed by atoms with Crippen LogP contribution in [0, 0.1) is 5.92 Å². The number of fused-ring (bicyclic) bond motifs is 1. The van der Waals surface area contributed by atoms with Gasteiger partial charge in [0, 0.05) is 5.92 Å². The SMILES string of the molecule is O=C(OC(C1CC1)C(F)(F)F)c1ccc2c(c1)OCO2. The van der Waals surface area contributed by atoms with Crippen LogP contribution in [0.4, 0.5) is 13.2 Å². The number of carbonyl (C=O) groups excluding carboxylic acids is 1. The van der Waals surface area contributed by atoms with E-state index in [1.54, 1.807) is 0 Å². The number of halogens is 3. The summed E-state index contributed by atoms with van der Waals surface area (Å²) in [6.45, 7) is 0.0289. The first-order valence-electron chi connectivity index (χ1n) is 6.12. The Hall–Kier alpha value is -1.92. The molecule has 108 valence electrons. The van der Waals surface area contributed by atoms with Gasteiger partial charge in [0.05, 0.1) is 5.56 Å². The summed E-state index contributed by atoms with van der Waals surface area (Å²) in [5, 5.41) is 0. The van der Waals surface area contributed by atoms with Gasteiger partial charge >= 0.3 is 12.1 Å². The molecule has 1 saturated carbocycles. The summed E-state index contributed by atoms with van der Waals surface area (Å²) in [7, 11) is 0. The van der Waals surface area contributed by atoms with Crippen molar-refractivity contribution in [1.29, 1.82) is 0 Å². The average Bonchev–Trinajstić information content (AvgIpc) is 3.10. The predicted octanol–water partition coefficient (Wildman–Crippen LogP) is 2.91. The first-order chi connectivity index (χ1) is 9.45. The lowest BCUT2D eigenvalue weighted by molar-refractivity contribution is -0.210. The topological polar surface area (TPSA) is 44.8 Å². The van der Waals surface area contributed by atoms with Crippen LogP contribution in [0.1, 0.15) is 23.2 Å². The molecular formula is C13H11F3O4. The Bertz CT molecular complexity index is 537. The normalized spacial score (nSPS) is 18.8. The van der Waals surface area contributed by atoms with Gasteiger partial charge < -0.3 is 14.2 Å². The highest BCUT2D eigenvalue weighted by Gasteiger charge is 2.51. The van der Waals surface area contributed by atoms with Crippen molar-refractivity contribution in [3.63, 3.8) is 0 Å². The summed E-state index contributed by atoms with van der Waals surface area (Å²) in [5.41, 5.74) is 0.0177. The molecule has 1 fully saturated rings. The molecular weight excluding hydrogens is 277 g/mol. The van der Waals surface area contributed by atoms with E-state index in [1.807, 2.05) is 0 Å². The Kier molecular flexibility index (Phi) is 2.99. The van der Waals surface area contributed by atoms with Crippen molar-refractivity contribution in [2.45, 2.75) is 25.1 Å². The van der Waals surface area contributed by atoms with Gasteiger partial charge in [0.25, 0.3) is 0 Å². The zero-order valence-corrected chi connectivity index (χ0v) is 10.3. The third-order valence-corrected chi connectivity index (χ3v) is 3.22. The first kappa shape index (κ1) is 13.1. The molecule has 0 N–H and O–H groups in total. The van der Waals surface area contributed by atoms with Crippen LogP contribution in [0.3, 0.4) is 0 Å². The number of carbonyl (C=O) groups is 1. The molecule has 1 aromatic carbocycles. The van der Waals surface area contributed by atoms with Gasteiger partial charge in [0.2, 0.25) is 6.79 Å². The zero-order valence-electron chi connectivity index (χ0n) is 10.3. The summed E-state index contributed by atoms with van der Waals surface area (Å²) in [6.07, 6.45) is -5.70. The van der Waals surface area contributed by atoms with E-state index in [2.05, 4.69) is 4.74 Å². The van der Waals surface area contributed by atoms with Crippen molar-refractivity contribution < 1.29 is 32.2 Å². The molecule has 1 aliphatic heterocycles. The van der Waals surface area contributed by atoms with Gasteiger partial charge in [-0.2, -0.15) is 13.2 Å². The van der Waals surface area contributed by atoms with Crippen LogP contribution >= 0.6 is 0 Å². The fourth-order valence-electron chi connectivity index (χ4n) is 2.04. The van der Waals surface area contributed by atoms with Gasteiger partial charge in [0.15, 0.2) is 17.6 Å². The first-order valence-corrected chi connectivity index (χ1v) is 6.12. The van der Waals surface area contributed by atoms with Gasteiger partial charge in [-0.05, 0) is 31.0 Å². The molecule has 3 rings (SSSR count). The van der Waals surface area contributed by atoms with Crippen molar-refractivity contribution in [2.24, 2.45) is 5.92 Å². The standard InChI is InChI=1S/C13H11F3O4/c14-13(15,16)11(7-1-2-7)20-12(17)8-3-4-9-10(5-8)19-6-18-9/h3-5,7,11H,1-2,6H2. The molecule has 20 heavy (non-hydrogen) atoms. The Morgan fingerprint density at radius 3 is 2.60 bits per heavy atom. The summed E-state index contributed by atoms with van der Waals surface area (Å²) >= 11 is 0. The zero-order chi connectivity index (χ0) is 14.3. The van der Waals surface area contributed by atoms with E-state index in [4.69, 9.17) is 9.47 Å². The Balaban J connectivity index is 1.75. The number of alkyl halides is 3. The van der Waals surface area contributed by atoms with Gasteiger partial charge in [0.1, 0.15) is 0 Å². The number of ether oxygens (including phenoxy) is 3. The van der Waals surface area contributed by atoms with Gasteiger partial charge in [-0.1, -0.05) is 0 Å². The highest BCUT2D eigenvalue weighted by Crippen LogP contribution is 2.42. The Morgan fingerprint density at radius 2 is 1.95 bits per heavy atom. The van der Waals surface area contributed by atoms with Crippen LogP contribution < -0.4 is 9.47 Å². The number of rotatable bonds is 3. The van der Waals surface area contributed by atoms with Crippen LogP contribution in [0.2, 0.25) is 0 Å². The van der Waals surface area contributed by atoms with Crippen LogP contribution in [0.5, 0.6) is 11.5 Å².